The van der Waals surface area contributed by atoms with Crippen LogP contribution in [0.5, 0.6) is 0 Å². The summed E-state index contributed by atoms with van der Waals surface area (Å²) in [6, 6.07) is 8.24. The van der Waals surface area contributed by atoms with Gasteiger partial charge in [-0.2, -0.15) is 0 Å². The van der Waals surface area contributed by atoms with Gasteiger partial charge in [-0.3, -0.25) is 9.59 Å². The van der Waals surface area contributed by atoms with Gasteiger partial charge in [-0.15, -0.1) is 0 Å². The van der Waals surface area contributed by atoms with Crippen LogP contribution in [-0.4, -0.2) is 29.3 Å². The number of carbonyl (C=O) groups is 2. The lowest BCUT2D eigenvalue weighted by molar-refractivity contribution is -0.129. The number of rotatable bonds is 4. The predicted octanol–water partition coefficient (Wildman–Crippen LogP) is 1.87. The van der Waals surface area contributed by atoms with E-state index in [9.17, 15) is 9.59 Å². The van der Waals surface area contributed by atoms with Gasteiger partial charge in [0.15, 0.2) is 0 Å². The zero-order valence-electron chi connectivity index (χ0n) is 12.3. The molecule has 1 aromatic carbocycles. The van der Waals surface area contributed by atoms with Gasteiger partial charge in [0.1, 0.15) is 0 Å². The highest BCUT2D eigenvalue weighted by atomic mass is 16.2. The molecule has 0 aliphatic carbocycles. The van der Waals surface area contributed by atoms with Gasteiger partial charge < -0.3 is 10.2 Å². The first-order valence-corrected chi connectivity index (χ1v) is 7.10. The average Bonchev–Trinajstić information content (AvgIpc) is 2.80. The number of carbonyl (C=O) groups excluding carboxylic acids is 2. The molecular formula is C16H22N2O2. The van der Waals surface area contributed by atoms with Crippen LogP contribution in [0.25, 0.3) is 0 Å². The summed E-state index contributed by atoms with van der Waals surface area (Å²) in [5, 5.41) is 2.92. The zero-order chi connectivity index (χ0) is 14.7. The number of benzene rings is 1. The van der Waals surface area contributed by atoms with Crippen molar-refractivity contribution in [1.29, 1.82) is 0 Å². The largest absolute Gasteiger partial charge is 0.352 e. The van der Waals surface area contributed by atoms with E-state index < -0.39 is 0 Å². The molecule has 0 bridgehead atoms. The molecule has 0 radical (unpaired) electrons. The number of nitrogens with zero attached hydrogens (tertiary/aromatic N) is 1. The van der Waals surface area contributed by atoms with Crippen molar-refractivity contribution in [1.82, 2.24) is 10.2 Å². The lowest BCUT2D eigenvalue weighted by atomic mass is 10.1. The van der Waals surface area contributed by atoms with Gasteiger partial charge in [-0.25, -0.2) is 0 Å². The van der Waals surface area contributed by atoms with Crippen LogP contribution >= 0.6 is 0 Å². The standard InChI is InChI=1S/C16H22N2O2/c1-11(2)18-10-14(8-15(18)19)16(20)17-9-13-6-4-12(3)5-7-13/h4-7,11,14H,8-10H2,1-3H3,(H,17,20). The van der Waals surface area contributed by atoms with Crippen molar-refractivity contribution in [3.63, 3.8) is 0 Å². The summed E-state index contributed by atoms with van der Waals surface area (Å²) in [7, 11) is 0. The lowest BCUT2D eigenvalue weighted by Gasteiger charge is -2.20. The highest BCUT2D eigenvalue weighted by Crippen LogP contribution is 2.20. The van der Waals surface area contributed by atoms with Gasteiger partial charge in [0.25, 0.3) is 0 Å². The third-order valence-electron chi connectivity index (χ3n) is 3.74. The van der Waals surface area contributed by atoms with Crippen molar-refractivity contribution in [2.75, 3.05) is 6.54 Å². The quantitative estimate of drug-likeness (QED) is 0.911. The maximum Gasteiger partial charge on any atom is 0.225 e. The van der Waals surface area contributed by atoms with Gasteiger partial charge in [-0.1, -0.05) is 29.8 Å². The van der Waals surface area contributed by atoms with E-state index in [-0.39, 0.29) is 23.8 Å². The van der Waals surface area contributed by atoms with E-state index in [1.807, 2.05) is 45.0 Å². The summed E-state index contributed by atoms with van der Waals surface area (Å²) in [5.41, 5.74) is 2.28. The number of hydrogen-bond donors (Lipinski definition) is 1. The number of likely N-dealkylation sites (tertiary alicyclic amines) is 1. The Hall–Kier alpha value is -1.84. The van der Waals surface area contributed by atoms with E-state index in [1.54, 1.807) is 4.90 Å². The van der Waals surface area contributed by atoms with E-state index in [0.717, 1.165) is 5.56 Å². The monoisotopic (exact) mass is 274 g/mol. The van der Waals surface area contributed by atoms with Gasteiger partial charge in [0, 0.05) is 25.6 Å². The first kappa shape index (κ1) is 14.6. The molecule has 108 valence electrons. The molecule has 1 saturated heterocycles. The number of hydrogen-bond acceptors (Lipinski definition) is 2. The maximum atomic E-state index is 12.1. The molecule has 1 N–H and O–H groups in total. The van der Waals surface area contributed by atoms with Crippen LogP contribution in [0.4, 0.5) is 0 Å². The molecule has 20 heavy (non-hydrogen) atoms. The second-order valence-electron chi connectivity index (χ2n) is 5.74. The number of amides is 2. The van der Waals surface area contributed by atoms with Crippen molar-refractivity contribution in [2.24, 2.45) is 5.92 Å². The Morgan fingerprint density at radius 3 is 2.55 bits per heavy atom. The summed E-state index contributed by atoms with van der Waals surface area (Å²) in [6.07, 6.45) is 0.331. The molecule has 4 nitrogen and oxygen atoms in total. The van der Waals surface area contributed by atoms with Crippen molar-refractivity contribution in [2.45, 2.75) is 39.8 Å². The first-order chi connectivity index (χ1) is 9.47. The number of nitrogens with one attached hydrogen (secondary N) is 1. The molecule has 0 spiro atoms. The minimum Gasteiger partial charge on any atom is -0.352 e. The minimum absolute atomic E-state index is 0.0259. The Morgan fingerprint density at radius 2 is 2.00 bits per heavy atom. The zero-order valence-corrected chi connectivity index (χ0v) is 12.3. The molecule has 1 aliphatic heterocycles. The van der Waals surface area contributed by atoms with E-state index in [0.29, 0.717) is 19.5 Å². The Labute approximate surface area is 120 Å². The first-order valence-electron chi connectivity index (χ1n) is 7.10. The second kappa shape index (κ2) is 6.07. The van der Waals surface area contributed by atoms with Crippen LogP contribution < -0.4 is 5.32 Å². The van der Waals surface area contributed by atoms with Crippen molar-refractivity contribution < 1.29 is 9.59 Å². The molecule has 4 heteroatoms. The molecule has 1 unspecified atom stereocenters. The number of aryl methyl sites for hydroxylation is 1. The summed E-state index contributed by atoms with van der Waals surface area (Å²) < 4.78 is 0. The second-order valence-corrected chi connectivity index (χ2v) is 5.74. The Kier molecular flexibility index (Phi) is 4.42. The van der Waals surface area contributed by atoms with Gasteiger partial charge in [0.05, 0.1) is 5.92 Å². The molecule has 0 saturated carbocycles. The average molecular weight is 274 g/mol. The third-order valence-corrected chi connectivity index (χ3v) is 3.74. The Morgan fingerprint density at radius 1 is 1.35 bits per heavy atom. The molecular weight excluding hydrogens is 252 g/mol. The summed E-state index contributed by atoms with van der Waals surface area (Å²) in [5.74, 6) is -0.159. The summed E-state index contributed by atoms with van der Waals surface area (Å²) in [6.45, 7) is 7.05. The Balaban J connectivity index is 1.87. The van der Waals surface area contributed by atoms with Gasteiger partial charge in [-0.05, 0) is 26.3 Å². The van der Waals surface area contributed by atoms with Gasteiger partial charge in [0.2, 0.25) is 11.8 Å². The summed E-state index contributed by atoms with van der Waals surface area (Å²) in [4.78, 5) is 25.7. The van der Waals surface area contributed by atoms with Crippen LogP contribution in [0.3, 0.4) is 0 Å². The SMILES string of the molecule is Cc1ccc(CNC(=O)C2CC(=O)N(C(C)C)C2)cc1. The predicted molar refractivity (Wildman–Crippen MR) is 78.0 cm³/mol. The van der Waals surface area contributed by atoms with E-state index in [4.69, 9.17) is 0 Å². The molecule has 1 aliphatic rings. The third kappa shape index (κ3) is 3.38. The molecule has 2 rings (SSSR count). The Bertz CT molecular complexity index is 494. The molecule has 2 amide bonds. The normalized spacial score (nSPS) is 18.7. The van der Waals surface area contributed by atoms with Crippen LogP contribution in [-0.2, 0) is 16.1 Å². The van der Waals surface area contributed by atoms with Crippen LogP contribution in [0.2, 0.25) is 0 Å². The lowest BCUT2D eigenvalue weighted by Crippen LogP contribution is -2.35. The molecule has 1 atom stereocenters. The topological polar surface area (TPSA) is 49.4 Å². The van der Waals surface area contributed by atoms with Crippen molar-refractivity contribution in [3.8, 4) is 0 Å². The van der Waals surface area contributed by atoms with Gasteiger partial charge >= 0.3 is 0 Å². The van der Waals surface area contributed by atoms with Crippen LogP contribution in [0, 0.1) is 12.8 Å². The van der Waals surface area contributed by atoms with Crippen molar-refractivity contribution in [3.05, 3.63) is 35.4 Å². The summed E-state index contributed by atoms with van der Waals surface area (Å²) >= 11 is 0. The van der Waals surface area contributed by atoms with Crippen LogP contribution in [0.15, 0.2) is 24.3 Å². The van der Waals surface area contributed by atoms with E-state index in [2.05, 4.69) is 5.32 Å². The van der Waals surface area contributed by atoms with Crippen molar-refractivity contribution >= 4 is 11.8 Å². The van der Waals surface area contributed by atoms with E-state index >= 15 is 0 Å². The minimum atomic E-state index is -0.213. The smallest absolute Gasteiger partial charge is 0.225 e. The molecule has 0 aromatic heterocycles. The highest BCUT2D eigenvalue weighted by molar-refractivity contribution is 5.89. The fraction of sp³-hybridized carbons (Fsp3) is 0.500. The highest BCUT2D eigenvalue weighted by Gasteiger charge is 2.35. The molecule has 1 aromatic rings. The molecule has 1 heterocycles. The maximum absolute atomic E-state index is 12.1. The fourth-order valence-corrected chi connectivity index (χ4v) is 2.45. The van der Waals surface area contributed by atoms with Crippen LogP contribution in [0.1, 0.15) is 31.4 Å². The fourth-order valence-electron chi connectivity index (χ4n) is 2.45. The molecule has 1 fully saturated rings. The van der Waals surface area contributed by atoms with E-state index in [1.165, 1.54) is 5.56 Å².